The van der Waals surface area contributed by atoms with Gasteiger partial charge in [-0.25, -0.2) is 14.2 Å². The van der Waals surface area contributed by atoms with Crippen molar-refractivity contribution in [3.63, 3.8) is 0 Å². The molecule has 13 rings (SSSR count). The number of nitrogens with one attached hydrogen (secondary N) is 2. The van der Waals surface area contributed by atoms with Gasteiger partial charge in [0.15, 0.2) is 5.43 Å². The summed E-state index contributed by atoms with van der Waals surface area (Å²) in [5, 5.41) is 40.3. The topological polar surface area (TPSA) is 233 Å². The number of carbonyl (C=O) groups excluding carboxylic acids is 4. The molecule has 5 N–H and O–H groups in total. The van der Waals surface area contributed by atoms with Gasteiger partial charge in [0.05, 0.1) is 44.4 Å². The van der Waals surface area contributed by atoms with Crippen molar-refractivity contribution in [2.75, 3.05) is 31.1 Å². The number of halogens is 2. The van der Waals surface area contributed by atoms with Crippen LogP contribution < -0.4 is 40.9 Å². The van der Waals surface area contributed by atoms with Crippen molar-refractivity contribution < 1.29 is 53.2 Å². The first-order valence-corrected chi connectivity index (χ1v) is 27.4. The van der Waals surface area contributed by atoms with E-state index in [1.54, 1.807) is 54.6 Å². The molecule has 0 unspecified atom stereocenters. The third-order valence-electron chi connectivity index (χ3n) is 16.1. The lowest BCUT2D eigenvalue weighted by molar-refractivity contribution is -0.191. The summed E-state index contributed by atoms with van der Waals surface area (Å²) in [7, 11) is 0. The van der Waals surface area contributed by atoms with Gasteiger partial charge >= 0.3 is 18.1 Å². The summed E-state index contributed by atoms with van der Waals surface area (Å²) in [5.74, 6) is -2.21. The number of carbonyl (C=O) groups is 4. The van der Waals surface area contributed by atoms with Crippen LogP contribution in [0.5, 0.6) is 17.2 Å². The number of fused-ring (bicyclic) bond motifs is 6. The van der Waals surface area contributed by atoms with Crippen LogP contribution in [-0.4, -0.2) is 71.4 Å². The first-order valence-electron chi connectivity index (χ1n) is 26.6. The molecule has 0 fully saturated rings. The number of aromatic carboxylic acids is 2. The zero-order chi connectivity index (χ0) is 56.4. The fourth-order valence-corrected chi connectivity index (χ4v) is 13.3. The number of benzene rings is 7. The standard InChI is InChI=1S/C62H48Cl2N4O10.CO2/c63-46-28-44(53(64)52(62(75)76)51(46)50-42-25-33-7-3-21-67-23-5-11-40(54(33)67)57(42)78-58-41-12-6-24-68-22-4-8-34(55(41)68)26-43(50)58)60(72)65-29-31-13-15-32(16-14-31)59(71)66-30-45-47(70)20-19-39-49(36-9-1-2-10-37(36)61(73)74)38-18-17-35(69)27-48(38)77-56(39)45;2-1-3/h1-2,9-10,13-20,25-28H,3-8,11-12,21-24,29-30H2,(H4-,65,66,69,70,71,72,73,74,75,76);/p+1. The minimum Gasteiger partial charge on any atom is -0.507 e. The number of rotatable bonds is 10. The van der Waals surface area contributed by atoms with Crippen molar-refractivity contribution >= 4 is 75.3 Å². The summed E-state index contributed by atoms with van der Waals surface area (Å²) in [5.41, 5.74) is 9.38. The highest BCUT2D eigenvalue weighted by molar-refractivity contribution is 6.40. The van der Waals surface area contributed by atoms with Gasteiger partial charge < -0.3 is 40.0 Å². The Bertz CT molecular complexity index is 4250. The lowest BCUT2D eigenvalue weighted by atomic mass is 9.81. The molecule has 0 bridgehead atoms. The van der Waals surface area contributed by atoms with E-state index in [1.807, 2.05) is 0 Å². The van der Waals surface area contributed by atoms with Crippen LogP contribution >= 0.6 is 23.2 Å². The van der Waals surface area contributed by atoms with Crippen molar-refractivity contribution in [3.05, 3.63) is 195 Å². The second-order valence-corrected chi connectivity index (χ2v) is 21.5. The number of hydrogen-bond acceptors (Lipinski definition) is 11. The molecule has 6 aliphatic heterocycles. The SMILES string of the molecule is O=C(NCc1c(O)ccc2c(-c3ccccc3C(=O)O)c3ccc(=O)cc-3oc12)c1ccc(CNC(=O)c2cc(Cl)c(C3=c4cc5c6c(c4Oc4c3cc3c7c4CCCN7CCC3)CCC[N+]=6CCC5)c(C(=O)O)c2Cl)cc1.O=C=O. The maximum absolute atomic E-state index is 14.1. The Morgan fingerprint density at radius 2 is 1.41 bits per heavy atom. The molecule has 6 aromatic carbocycles. The summed E-state index contributed by atoms with van der Waals surface area (Å²) in [6.45, 7) is 3.66. The van der Waals surface area contributed by atoms with E-state index in [0.717, 1.165) is 111 Å². The monoisotopic (exact) mass is 1120 g/mol. The fourth-order valence-electron chi connectivity index (χ4n) is 12.7. The minimum absolute atomic E-state index is 0.0120. The van der Waals surface area contributed by atoms with Gasteiger partial charge in [-0.2, -0.15) is 9.59 Å². The van der Waals surface area contributed by atoms with E-state index < -0.39 is 23.8 Å². The smallest absolute Gasteiger partial charge is 0.373 e. The van der Waals surface area contributed by atoms with Crippen LogP contribution in [-0.2, 0) is 48.4 Å². The Labute approximate surface area is 471 Å². The Balaban J connectivity index is 0.00000212. The minimum atomic E-state index is -1.33. The van der Waals surface area contributed by atoms with Crippen molar-refractivity contribution in [2.24, 2.45) is 0 Å². The lowest BCUT2D eigenvalue weighted by Crippen LogP contribution is -2.45. The second kappa shape index (κ2) is 21.2. The van der Waals surface area contributed by atoms with E-state index in [-0.39, 0.29) is 85.2 Å². The Morgan fingerprint density at radius 1 is 0.691 bits per heavy atom. The zero-order valence-electron chi connectivity index (χ0n) is 43.3. The highest BCUT2D eigenvalue weighted by Gasteiger charge is 2.38. The van der Waals surface area contributed by atoms with E-state index in [9.17, 15) is 39.3 Å². The van der Waals surface area contributed by atoms with Crippen LogP contribution in [0.25, 0.3) is 39.0 Å². The molecular formula is C63H49Cl2N4O12+. The van der Waals surface area contributed by atoms with Crippen LogP contribution in [0.2, 0.25) is 10.0 Å². The summed E-state index contributed by atoms with van der Waals surface area (Å²) in [6, 6.07) is 25.9. The van der Waals surface area contributed by atoms with E-state index in [2.05, 4.69) is 32.2 Å². The number of phenolic OH excluding ortho intramolecular Hbond substituents is 1. The molecule has 0 atom stereocenters. The van der Waals surface area contributed by atoms with Gasteiger partial charge in [-0.15, -0.1) is 0 Å². The predicted molar refractivity (Wildman–Crippen MR) is 301 cm³/mol. The number of phenols is 1. The van der Waals surface area contributed by atoms with Gasteiger partial charge in [-0.3, -0.25) is 14.4 Å². The predicted octanol–water partition coefficient (Wildman–Crippen LogP) is 8.69. The summed E-state index contributed by atoms with van der Waals surface area (Å²) in [4.78, 5) is 85.1. The first kappa shape index (κ1) is 52.6. The third-order valence-corrected chi connectivity index (χ3v) is 16.8. The normalized spacial score (nSPS) is 14.5. The average molecular weight is 1130 g/mol. The van der Waals surface area contributed by atoms with Gasteiger partial charge in [-0.1, -0.05) is 53.5 Å². The zero-order valence-corrected chi connectivity index (χ0v) is 44.8. The number of carboxylic acid groups (broad SMARTS) is 2. The number of hydrogen-bond donors (Lipinski definition) is 5. The highest BCUT2D eigenvalue weighted by atomic mass is 35.5. The largest absolute Gasteiger partial charge is 0.507 e. The lowest BCUT2D eigenvalue weighted by Gasteiger charge is -2.39. The van der Waals surface area contributed by atoms with Crippen molar-refractivity contribution in [3.8, 4) is 39.7 Å². The van der Waals surface area contributed by atoms with Crippen LogP contribution in [0.3, 0.4) is 0 Å². The van der Waals surface area contributed by atoms with Gasteiger partial charge in [0.25, 0.3) is 11.8 Å². The van der Waals surface area contributed by atoms with Gasteiger partial charge in [0.2, 0.25) is 5.36 Å². The molecule has 16 nitrogen and oxygen atoms in total. The molecule has 81 heavy (non-hydrogen) atoms. The van der Waals surface area contributed by atoms with E-state index >= 15 is 0 Å². The number of aryl methyl sites for hydroxylation is 2. The molecule has 0 saturated carbocycles. The Kier molecular flexibility index (Phi) is 13.8. The van der Waals surface area contributed by atoms with Crippen molar-refractivity contribution in [1.82, 2.24) is 15.2 Å². The number of nitrogens with zero attached hydrogens (tertiary/aromatic N) is 2. The molecule has 0 spiro atoms. The second-order valence-electron chi connectivity index (χ2n) is 20.7. The number of anilines is 1. The quantitative estimate of drug-likeness (QED) is 0.0638. The molecule has 406 valence electrons. The van der Waals surface area contributed by atoms with Crippen LogP contribution in [0.4, 0.5) is 5.69 Å². The highest BCUT2D eigenvalue weighted by Crippen LogP contribution is 2.51. The van der Waals surface area contributed by atoms with Crippen molar-refractivity contribution in [1.29, 1.82) is 0 Å². The van der Waals surface area contributed by atoms with Gasteiger partial charge in [0, 0.05) is 99.4 Å². The molecule has 0 radical (unpaired) electrons. The summed E-state index contributed by atoms with van der Waals surface area (Å²) in [6.07, 6.45) is 7.58. The van der Waals surface area contributed by atoms with E-state index in [1.165, 1.54) is 52.5 Å². The van der Waals surface area contributed by atoms with Crippen LogP contribution in [0.15, 0.2) is 106 Å². The molecule has 0 aromatic heterocycles. The molecule has 18 heteroatoms. The first-order chi connectivity index (χ1) is 39.2. The van der Waals surface area contributed by atoms with Crippen molar-refractivity contribution in [2.45, 2.75) is 64.5 Å². The molecule has 0 saturated heterocycles. The molecule has 1 aliphatic carbocycles. The number of carboxylic acids is 2. The van der Waals surface area contributed by atoms with Crippen LogP contribution in [0, 0.1) is 0 Å². The molecule has 7 aliphatic rings. The van der Waals surface area contributed by atoms with Gasteiger partial charge in [0.1, 0.15) is 41.7 Å². The Hall–Kier alpha value is -9.08. The fraction of sp³-hybridized carbons (Fsp3) is 0.222. The van der Waals surface area contributed by atoms with Gasteiger partial charge in [-0.05, 0) is 116 Å². The van der Waals surface area contributed by atoms with Crippen LogP contribution in [0.1, 0.15) is 112 Å². The summed E-state index contributed by atoms with van der Waals surface area (Å²) < 4.78 is 15.9. The number of aromatic hydroxyl groups is 1. The third kappa shape index (κ3) is 9.15. The molecular weight excluding hydrogens is 1080 g/mol. The maximum Gasteiger partial charge on any atom is 0.373 e. The molecule has 2 amide bonds. The maximum atomic E-state index is 14.1. The Morgan fingerprint density at radius 3 is 2.17 bits per heavy atom. The van der Waals surface area contributed by atoms with E-state index in [0.29, 0.717) is 33.2 Å². The molecule has 6 aromatic rings. The number of amides is 2. The number of ether oxygens (including phenoxy) is 1. The summed E-state index contributed by atoms with van der Waals surface area (Å²) >= 11 is 14.5. The van der Waals surface area contributed by atoms with E-state index in [4.69, 9.17) is 41.9 Å². The molecule has 6 heterocycles. The average Bonchev–Trinajstić information content (AvgIpc) is 2.83.